The number of hydrogen-bond donors (Lipinski definition) is 0. The van der Waals surface area contributed by atoms with Crippen molar-refractivity contribution in [2.75, 3.05) is 13.2 Å². The molecule has 0 aromatic rings. The minimum absolute atomic E-state index is 0.0357. The van der Waals surface area contributed by atoms with E-state index in [9.17, 15) is 4.79 Å². The minimum atomic E-state index is -0.134. The molecule has 1 aliphatic rings. The van der Waals surface area contributed by atoms with Gasteiger partial charge >= 0.3 is 5.97 Å². The molecule has 3 nitrogen and oxygen atoms in total. The normalized spacial score (nSPS) is 23.1. The first kappa shape index (κ1) is 9.52. The molecule has 1 fully saturated rings. The molecule has 1 saturated heterocycles. The van der Waals surface area contributed by atoms with E-state index in [0.717, 1.165) is 19.4 Å². The lowest BCUT2D eigenvalue weighted by atomic mass is 10.2. The molecule has 1 heterocycles. The van der Waals surface area contributed by atoms with Gasteiger partial charge in [-0.05, 0) is 12.8 Å². The Bertz CT molecular complexity index is 148. The van der Waals surface area contributed by atoms with Crippen LogP contribution in [0.4, 0.5) is 0 Å². The van der Waals surface area contributed by atoms with Gasteiger partial charge in [-0.1, -0.05) is 13.8 Å². The van der Waals surface area contributed by atoms with Gasteiger partial charge in [0, 0.05) is 6.61 Å². The zero-order valence-electron chi connectivity index (χ0n) is 7.71. The number of hydrogen-bond acceptors (Lipinski definition) is 3. The Morgan fingerprint density at radius 1 is 1.67 bits per heavy atom. The average Bonchev–Trinajstić information content (AvgIpc) is 2.51. The van der Waals surface area contributed by atoms with E-state index in [2.05, 4.69) is 0 Å². The van der Waals surface area contributed by atoms with Crippen LogP contribution >= 0.6 is 0 Å². The van der Waals surface area contributed by atoms with Gasteiger partial charge in [0.1, 0.15) is 6.61 Å². The van der Waals surface area contributed by atoms with Gasteiger partial charge in [0.25, 0.3) is 0 Å². The lowest BCUT2D eigenvalue weighted by Gasteiger charge is -2.11. The fraction of sp³-hybridized carbons (Fsp3) is 0.889. The highest BCUT2D eigenvalue weighted by Gasteiger charge is 2.18. The molecule has 0 aliphatic carbocycles. The van der Waals surface area contributed by atoms with Gasteiger partial charge in [-0.3, -0.25) is 4.79 Å². The second-order valence-corrected chi connectivity index (χ2v) is 3.42. The van der Waals surface area contributed by atoms with Crippen LogP contribution < -0.4 is 0 Å². The predicted molar refractivity (Wildman–Crippen MR) is 44.8 cm³/mol. The molecule has 70 valence electrons. The van der Waals surface area contributed by atoms with Crippen molar-refractivity contribution in [1.29, 1.82) is 0 Å². The minimum Gasteiger partial charge on any atom is -0.463 e. The summed E-state index contributed by atoms with van der Waals surface area (Å²) in [6, 6.07) is 0. The zero-order chi connectivity index (χ0) is 8.97. The number of rotatable bonds is 3. The Hall–Kier alpha value is -0.570. The van der Waals surface area contributed by atoms with Crippen LogP contribution in [-0.2, 0) is 14.3 Å². The van der Waals surface area contributed by atoms with Crippen LogP contribution in [0.15, 0.2) is 0 Å². The van der Waals surface area contributed by atoms with Gasteiger partial charge in [0.15, 0.2) is 0 Å². The average molecular weight is 172 g/mol. The second kappa shape index (κ2) is 4.45. The molecule has 12 heavy (non-hydrogen) atoms. The van der Waals surface area contributed by atoms with Crippen molar-refractivity contribution in [3.63, 3.8) is 0 Å². The molecule has 1 unspecified atom stereocenters. The monoisotopic (exact) mass is 172 g/mol. The van der Waals surface area contributed by atoms with Gasteiger partial charge < -0.3 is 9.47 Å². The standard InChI is InChI=1S/C9H16O3/c1-7(2)9(10)12-6-8-4-3-5-11-8/h7-8H,3-6H2,1-2H3. The topological polar surface area (TPSA) is 35.5 Å². The van der Waals surface area contributed by atoms with Crippen LogP contribution in [0.25, 0.3) is 0 Å². The summed E-state index contributed by atoms with van der Waals surface area (Å²) in [6.45, 7) is 4.90. The van der Waals surface area contributed by atoms with Crippen LogP contribution in [0.2, 0.25) is 0 Å². The number of ether oxygens (including phenoxy) is 2. The molecule has 0 N–H and O–H groups in total. The van der Waals surface area contributed by atoms with E-state index in [-0.39, 0.29) is 18.0 Å². The van der Waals surface area contributed by atoms with Crippen LogP contribution in [0.1, 0.15) is 26.7 Å². The Balaban J connectivity index is 2.12. The third kappa shape index (κ3) is 2.81. The third-order valence-electron chi connectivity index (χ3n) is 1.91. The van der Waals surface area contributed by atoms with Crippen molar-refractivity contribution in [3.05, 3.63) is 0 Å². The summed E-state index contributed by atoms with van der Waals surface area (Å²) in [5.74, 6) is -0.170. The maximum absolute atomic E-state index is 11.0. The van der Waals surface area contributed by atoms with Gasteiger partial charge in [-0.2, -0.15) is 0 Å². The van der Waals surface area contributed by atoms with E-state index < -0.39 is 0 Å². The van der Waals surface area contributed by atoms with Crippen molar-refractivity contribution in [1.82, 2.24) is 0 Å². The summed E-state index contributed by atoms with van der Waals surface area (Å²) in [7, 11) is 0. The van der Waals surface area contributed by atoms with Crippen molar-refractivity contribution in [2.24, 2.45) is 5.92 Å². The predicted octanol–water partition coefficient (Wildman–Crippen LogP) is 1.36. The SMILES string of the molecule is CC(C)C(=O)OCC1CCCO1. The molecule has 0 amide bonds. The van der Waals surface area contributed by atoms with Crippen molar-refractivity contribution >= 4 is 5.97 Å². The Labute approximate surface area is 73.0 Å². The molecule has 0 radical (unpaired) electrons. The van der Waals surface area contributed by atoms with Gasteiger partial charge in [-0.15, -0.1) is 0 Å². The van der Waals surface area contributed by atoms with E-state index >= 15 is 0 Å². The Morgan fingerprint density at radius 2 is 2.42 bits per heavy atom. The maximum atomic E-state index is 11.0. The summed E-state index contributed by atoms with van der Waals surface area (Å²) >= 11 is 0. The first-order valence-corrected chi connectivity index (χ1v) is 4.48. The molecule has 1 aliphatic heterocycles. The van der Waals surface area contributed by atoms with Crippen molar-refractivity contribution < 1.29 is 14.3 Å². The molecule has 0 saturated carbocycles. The maximum Gasteiger partial charge on any atom is 0.308 e. The number of carbonyl (C=O) groups is 1. The van der Waals surface area contributed by atoms with E-state index in [0.29, 0.717) is 6.61 Å². The Morgan fingerprint density at radius 3 is 2.92 bits per heavy atom. The zero-order valence-corrected chi connectivity index (χ0v) is 7.71. The van der Waals surface area contributed by atoms with E-state index in [1.54, 1.807) is 0 Å². The van der Waals surface area contributed by atoms with Crippen molar-refractivity contribution in [2.45, 2.75) is 32.8 Å². The Kier molecular flexibility index (Phi) is 3.53. The van der Waals surface area contributed by atoms with E-state index in [1.165, 1.54) is 0 Å². The first-order chi connectivity index (χ1) is 5.70. The van der Waals surface area contributed by atoms with Crippen LogP contribution in [0, 0.1) is 5.92 Å². The summed E-state index contributed by atoms with van der Waals surface area (Å²) in [5.41, 5.74) is 0. The lowest BCUT2D eigenvalue weighted by Crippen LogP contribution is -2.20. The van der Waals surface area contributed by atoms with Crippen molar-refractivity contribution in [3.8, 4) is 0 Å². The first-order valence-electron chi connectivity index (χ1n) is 4.48. The van der Waals surface area contributed by atoms with Crippen LogP contribution in [0.5, 0.6) is 0 Å². The summed E-state index contributed by atoms with van der Waals surface area (Å²) < 4.78 is 10.3. The molecule has 0 aromatic heterocycles. The van der Waals surface area contributed by atoms with Crippen LogP contribution in [0.3, 0.4) is 0 Å². The van der Waals surface area contributed by atoms with E-state index in [1.807, 2.05) is 13.8 Å². The molecule has 0 spiro atoms. The highest BCUT2D eigenvalue weighted by molar-refractivity contribution is 5.71. The molecule has 3 heteroatoms. The smallest absolute Gasteiger partial charge is 0.308 e. The molecule has 1 rings (SSSR count). The number of carbonyl (C=O) groups excluding carboxylic acids is 1. The second-order valence-electron chi connectivity index (χ2n) is 3.42. The molecular formula is C9H16O3. The third-order valence-corrected chi connectivity index (χ3v) is 1.91. The summed E-state index contributed by atoms with van der Waals surface area (Å²) in [4.78, 5) is 11.0. The number of esters is 1. The van der Waals surface area contributed by atoms with E-state index in [4.69, 9.17) is 9.47 Å². The molecule has 0 bridgehead atoms. The van der Waals surface area contributed by atoms with Crippen LogP contribution in [-0.4, -0.2) is 25.3 Å². The fourth-order valence-electron chi connectivity index (χ4n) is 1.12. The quantitative estimate of drug-likeness (QED) is 0.603. The van der Waals surface area contributed by atoms with Gasteiger partial charge in [0.2, 0.25) is 0 Å². The molecule has 1 atom stereocenters. The summed E-state index contributed by atoms with van der Waals surface area (Å²) in [5, 5.41) is 0. The highest BCUT2D eigenvalue weighted by Crippen LogP contribution is 2.12. The highest BCUT2D eigenvalue weighted by atomic mass is 16.6. The largest absolute Gasteiger partial charge is 0.463 e. The molecular weight excluding hydrogens is 156 g/mol. The lowest BCUT2D eigenvalue weighted by molar-refractivity contribution is -0.150. The summed E-state index contributed by atoms with van der Waals surface area (Å²) in [6.07, 6.45) is 2.25. The fourth-order valence-corrected chi connectivity index (χ4v) is 1.12. The van der Waals surface area contributed by atoms with Gasteiger partial charge in [-0.25, -0.2) is 0 Å². The molecule has 0 aromatic carbocycles. The van der Waals surface area contributed by atoms with Gasteiger partial charge in [0.05, 0.1) is 12.0 Å².